The lowest BCUT2D eigenvalue weighted by atomic mass is 10.1. The summed E-state index contributed by atoms with van der Waals surface area (Å²) in [5.74, 6) is -1.23. The molecule has 1 aliphatic heterocycles. The van der Waals surface area contributed by atoms with Crippen molar-refractivity contribution in [2.75, 3.05) is 10.6 Å². The molecule has 0 spiro atoms. The number of aromatic nitrogens is 2. The number of nitrogens with zero attached hydrogens (tertiary/aromatic N) is 3. The summed E-state index contributed by atoms with van der Waals surface area (Å²) in [7, 11) is 0. The predicted molar refractivity (Wildman–Crippen MR) is 83.9 cm³/mol. The molecule has 2 N–H and O–H groups in total. The second-order valence-corrected chi connectivity index (χ2v) is 5.67. The van der Waals surface area contributed by atoms with Crippen LogP contribution in [0.15, 0.2) is 30.5 Å². The second-order valence-electron chi connectivity index (χ2n) is 5.67. The summed E-state index contributed by atoms with van der Waals surface area (Å²) in [6, 6.07) is 5.36. The Morgan fingerprint density at radius 1 is 1.32 bits per heavy atom. The van der Waals surface area contributed by atoms with Crippen molar-refractivity contribution in [1.82, 2.24) is 9.97 Å². The Labute approximate surface area is 141 Å². The molecule has 1 amide bonds. The SMILES string of the molecule is CC(c1ccnc(C(F)(F)F)n1)N1C(=O)[C@@H](C)Oc2cc(N)ccc21. The summed E-state index contributed by atoms with van der Waals surface area (Å²) in [4.78, 5) is 20.8. The molecule has 3 rings (SSSR count). The summed E-state index contributed by atoms with van der Waals surface area (Å²) >= 11 is 0. The van der Waals surface area contributed by atoms with Crippen molar-refractivity contribution in [3.8, 4) is 5.75 Å². The Balaban J connectivity index is 2.05. The molecule has 9 heteroatoms. The fourth-order valence-corrected chi connectivity index (χ4v) is 2.65. The topological polar surface area (TPSA) is 81.3 Å². The molecule has 0 saturated carbocycles. The van der Waals surface area contributed by atoms with Crippen LogP contribution in [0.1, 0.15) is 31.4 Å². The van der Waals surface area contributed by atoms with Gasteiger partial charge >= 0.3 is 6.18 Å². The third-order valence-electron chi connectivity index (χ3n) is 3.88. The van der Waals surface area contributed by atoms with Gasteiger partial charge in [0.1, 0.15) is 5.75 Å². The molecular weight excluding hydrogens is 337 g/mol. The lowest BCUT2D eigenvalue weighted by Crippen LogP contribution is -2.45. The van der Waals surface area contributed by atoms with E-state index in [-0.39, 0.29) is 11.6 Å². The van der Waals surface area contributed by atoms with Crippen LogP contribution in [-0.4, -0.2) is 22.0 Å². The molecule has 0 radical (unpaired) electrons. The summed E-state index contributed by atoms with van der Waals surface area (Å²) in [5, 5.41) is 0. The minimum atomic E-state index is -4.66. The number of nitrogen functional groups attached to an aromatic ring is 1. The van der Waals surface area contributed by atoms with Crippen LogP contribution in [0.25, 0.3) is 0 Å². The molecule has 0 aliphatic carbocycles. The van der Waals surface area contributed by atoms with E-state index in [1.54, 1.807) is 32.0 Å². The lowest BCUT2D eigenvalue weighted by molar-refractivity contribution is -0.145. The third-order valence-corrected chi connectivity index (χ3v) is 3.88. The third kappa shape index (κ3) is 3.09. The molecule has 0 bridgehead atoms. The zero-order chi connectivity index (χ0) is 18.4. The van der Waals surface area contributed by atoms with Crippen molar-refractivity contribution >= 4 is 17.3 Å². The van der Waals surface area contributed by atoms with Gasteiger partial charge in [0.2, 0.25) is 5.82 Å². The molecule has 6 nitrogen and oxygen atoms in total. The first kappa shape index (κ1) is 17.0. The number of amides is 1. The van der Waals surface area contributed by atoms with Crippen LogP contribution in [0.5, 0.6) is 5.75 Å². The average molecular weight is 352 g/mol. The number of benzene rings is 1. The highest BCUT2D eigenvalue weighted by atomic mass is 19.4. The molecule has 2 atom stereocenters. The summed E-state index contributed by atoms with van der Waals surface area (Å²) in [5.41, 5.74) is 6.69. The van der Waals surface area contributed by atoms with Gasteiger partial charge in [0, 0.05) is 18.0 Å². The number of fused-ring (bicyclic) bond motifs is 1. The number of hydrogen-bond acceptors (Lipinski definition) is 5. The van der Waals surface area contributed by atoms with Crippen LogP contribution in [0.2, 0.25) is 0 Å². The molecule has 1 aromatic carbocycles. The fourth-order valence-electron chi connectivity index (χ4n) is 2.65. The first-order valence-corrected chi connectivity index (χ1v) is 7.48. The normalized spacial score (nSPS) is 18.5. The Bertz CT molecular complexity index is 825. The van der Waals surface area contributed by atoms with Crippen LogP contribution in [0.3, 0.4) is 0 Å². The van der Waals surface area contributed by atoms with E-state index in [2.05, 4.69) is 9.97 Å². The van der Waals surface area contributed by atoms with Gasteiger partial charge in [-0.25, -0.2) is 9.97 Å². The van der Waals surface area contributed by atoms with Crippen LogP contribution >= 0.6 is 0 Å². The Hall–Kier alpha value is -2.84. The summed E-state index contributed by atoms with van der Waals surface area (Å²) in [6.45, 7) is 3.16. The second kappa shape index (κ2) is 5.91. The van der Waals surface area contributed by atoms with Crippen molar-refractivity contribution in [3.05, 3.63) is 42.0 Å². The molecule has 132 valence electrons. The molecule has 1 aromatic heterocycles. The molecule has 0 fully saturated rings. The number of rotatable bonds is 2. The van der Waals surface area contributed by atoms with E-state index in [1.165, 1.54) is 11.0 Å². The molecule has 2 heterocycles. The van der Waals surface area contributed by atoms with Gasteiger partial charge < -0.3 is 10.5 Å². The Morgan fingerprint density at radius 3 is 2.72 bits per heavy atom. The molecule has 1 aliphatic rings. The van der Waals surface area contributed by atoms with E-state index in [9.17, 15) is 18.0 Å². The minimum Gasteiger partial charge on any atom is -0.479 e. The van der Waals surface area contributed by atoms with Gasteiger partial charge in [0.25, 0.3) is 5.91 Å². The maximum Gasteiger partial charge on any atom is 0.451 e. The van der Waals surface area contributed by atoms with E-state index in [4.69, 9.17) is 10.5 Å². The highest BCUT2D eigenvalue weighted by Gasteiger charge is 2.38. The van der Waals surface area contributed by atoms with E-state index in [0.717, 1.165) is 6.20 Å². The number of hydrogen-bond donors (Lipinski definition) is 1. The van der Waals surface area contributed by atoms with Gasteiger partial charge in [-0.15, -0.1) is 0 Å². The van der Waals surface area contributed by atoms with Crippen molar-refractivity contribution in [3.63, 3.8) is 0 Å². The van der Waals surface area contributed by atoms with E-state index in [1.807, 2.05) is 0 Å². The Kier molecular flexibility index (Phi) is 4.02. The standard InChI is InChI=1S/C16H15F3N4O2/c1-8(11-5-6-21-15(22-11)16(17,18)19)23-12-4-3-10(20)7-13(12)25-9(2)14(23)24/h3-9H,20H2,1-2H3/t8?,9-/m1/s1. The number of anilines is 2. The monoisotopic (exact) mass is 352 g/mol. The quantitative estimate of drug-likeness (QED) is 0.841. The molecular formula is C16H15F3N4O2. The van der Waals surface area contributed by atoms with Crippen LogP contribution in [0, 0.1) is 0 Å². The van der Waals surface area contributed by atoms with E-state index in [0.29, 0.717) is 17.1 Å². The highest BCUT2D eigenvalue weighted by molar-refractivity contribution is 6.00. The zero-order valence-electron chi connectivity index (χ0n) is 13.4. The van der Waals surface area contributed by atoms with E-state index >= 15 is 0 Å². The fraction of sp³-hybridized carbons (Fsp3) is 0.312. The summed E-state index contributed by atoms with van der Waals surface area (Å²) < 4.78 is 44.1. The number of alkyl halides is 3. The average Bonchev–Trinajstić information content (AvgIpc) is 2.55. The molecule has 0 saturated heterocycles. The Morgan fingerprint density at radius 2 is 2.04 bits per heavy atom. The van der Waals surface area contributed by atoms with Gasteiger partial charge in [0.15, 0.2) is 6.10 Å². The van der Waals surface area contributed by atoms with Gasteiger partial charge in [-0.1, -0.05) is 0 Å². The largest absolute Gasteiger partial charge is 0.479 e. The first-order valence-electron chi connectivity index (χ1n) is 7.48. The highest BCUT2D eigenvalue weighted by Crippen LogP contribution is 2.40. The van der Waals surface area contributed by atoms with Crippen molar-refractivity contribution in [2.45, 2.75) is 32.2 Å². The van der Waals surface area contributed by atoms with Gasteiger partial charge in [-0.2, -0.15) is 13.2 Å². The maximum atomic E-state index is 12.9. The van der Waals surface area contributed by atoms with Crippen LogP contribution < -0.4 is 15.4 Å². The van der Waals surface area contributed by atoms with Gasteiger partial charge in [0.05, 0.1) is 17.4 Å². The number of nitrogens with two attached hydrogens (primary N) is 1. The summed E-state index contributed by atoms with van der Waals surface area (Å²) in [6.07, 6.45) is -4.43. The molecule has 2 aromatic rings. The lowest BCUT2D eigenvalue weighted by Gasteiger charge is -2.36. The number of halogens is 3. The first-order chi connectivity index (χ1) is 11.7. The number of carbonyl (C=O) groups is 1. The van der Waals surface area contributed by atoms with E-state index < -0.39 is 24.1 Å². The number of ether oxygens (including phenoxy) is 1. The van der Waals surface area contributed by atoms with Crippen LogP contribution in [0.4, 0.5) is 24.5 Å². The van der Waals surface area contributed by atoms with Crippen molar-refractivity contribution in [2.24, 2.45) is 0 Å². The van der Waals surface area contributed by atoms with Crippen LogP contribution in [-0.2, 0) is 11.0 Å². The van der Waals surface area contributed by atoms with Gasteiger partial charge in [-0.3, -0.25) is 9.69 Å². The van der Waals surface area contributed by atoms with Crippen molar-refractivity contribution in [1.29, 1.82) is 0 Å². The number of carbonyl (C=O) groups excluding carboxylic acids is 1. The minimum absolute atomic E-state index is 0.0764. The van der Waals surface area contributed by atoms with Crippen molar-refractivity contribution < 1.29 is 22.7 Å². The predicted octanol–water partition coefficient (Wildman–Crippen LogP) is 2.95. The molecule has 1 unspecified atom stereocenters. The zero-order valence-corrected chi connectivity index (χ0v) is 13.4. The maximum absolute atomic E-state index is 12.9. The smallest absolute Gasteiger partial charge is 0.451 e. The molecule has 25 heavy (non-hydrogen) atoms. The van der Waals surface area contributed by atoms with Gasteiger partial charge in [-0.05, 0) is 32.0 Å².